The van der Waals surface area contributed by atoms with Gasteiger partial charge in [0.25, 0.3) is 0 Å². The number of nitrogens with two attached hydrogens (primary N) is 1. The Morgan fingerprint density at radius 2 is 2.00 bits per heavy atom. The summed E-state index contributed by atoms with van der Waals surface area (Å²) in [5.41, 5.74) is 7.22. The Morgan fingerprint density at radius 3 is 2.74 bits per heavy atom. The van der Waals surface area contributed by atoms with Gasteiger partial charge in [0.15, 0.2) is 5.78 Å². The minimum absolute atomic E-state index is 0.0451. The van der Waals surface area contributed by atoms with Gasteiger partial charge in [-0.3, -0.25) is 4.79 Å². The Morgan fingerprint density at radius 1 is 1.22 bits per heavy atom. The van der Waals surface area contributed by atoms with Crippen molar-refractivity contribution in [3.8, 4) is 0 Å². The lowest BCUT2D eigenvalue weighted by molar-refractivity contribution is -0.132. The van der Waals surface area contributed by atoms with Crippen molar-refractivity contribution >= 4 is 5.78 Å². The summed E-state index contributed by atoms with van der Waals surface area (Å²) in [5.74, 6) is 2.71. The Bertz CT molecular complexity index is 594. The standard InChI is InChI=1S/C20H29NO2/c1-19-8-6-13(21)10-12(19)4-5-14-15(19)7-9-20(2)16(14)11-17(22)18(20)23-3/h6,8,10,12,14-16,18H,4-5,7,9,11,21H2,1-3H3/t12-,14-,15+,16+,18+,19+,20+/m1/s1. The van der Waals surface area contributed by atoms with Gasteiger partial charge in [0, 0.05) is 24.6 Å². The van der Waals surface area contributed by atoms with E-state index in [4.69, 9.17) is 10.5 Å². The van der Waals surface area contributed by atoms with Crippen molar-refractivity contribution in [1.29, 1.82) is 0 Å². The minimum atomic E-state index is -0.184. The summed E-state index contributed by atoms with van der Waals surface area (Å²) in [7, 11) is 1.71. The highest BCUT2D eigenvalue weighted by molar-refractivity contribution is 5.87. The van der Waals surface area contributed by atoms with E-state index in [9.17, 15) is 4.79 Å². The van der Waals surface area contributed by atoms with Gasteiger partial charge in [-0.15, -0.1) is 0 Å². The summed E-state index contributed by atoms with van der Waals surface area (Å²) < 4.78 is 5.63. The first kappa shape index (κ1) is 15.4. The molecule has 23 heavy (non-hydrogen) atoms. The Balaban J connectivity index is 1.68. The highest BCUT2D eigenvalue weighted by Crippen LogP contribution is 2.64. The molecule has 7 atom stereocenters. The van der Waals surface area contributed by atoms with Gasteiger partial charge in [0.05, 0.1) is 0 Å². The molecule has 126 valence electrons. The number of hydrogen-bond donors (Lipinski definition) is 1. The SMILES string of the molecule is CO[C@H]1C(=O)C[C@H]2[C@@H]3CC[C@@H]4C=C(N)C=C[C@]4(C)[C@H]3CC[C@]12C. The largest absolute Gasteiger partial charge is 0.399 e. The third-order valence-electron chi connectivity index (χ3n) is 7.86. The molecular formula is C20H29NO2. The van der Waals surface area contributed by atoms with Crippen LogP contribution in [-0.2, 0) is 9.53 Å². The molecule has 0 spiro atoms. The first-order chi connectivity index (χ1) is 10.9. The molecule has 4 aliphatic carbocycles. The maximum atomic E-state index is 12.5. The Hall–Kier alpha value is -1.09. The van der Waals surface area contributed by atoms with Gasteiger partial charge in [-0.2, -0.15) is 0 Å². The third kappa shape index (κ3) is 1.95. The summed E-state index contributed by atoms with van der Waals surface area (Å²) in [5, 5.41) is 0. The van der Waals surface area contributed by atoms with E-state index in [1.54, 1.807) is 7.11 Å². The second kappa shape index (κ2) is 4.95. The molecule has 3 fully saturated rings. The van der Waals surface area contributed by atoms with Crippen molar-refractivity contribution in [2.45, 2.75) is 52.1 Å². The number of ether oxygens (including phenoxy) is 1. The molecule has 0 amide bonds. The number of allylic oxidation sites excluding steroid dienone is 3. The lowest BCUT2D eigenvalue weighted by Crippen LogP contribution is -2.52. The van der Waals surface area contributed by atoms with Crippen LogP contribution in [0, 0.1) is 34.5 Å². The Kier molecular flexibility index (Phi) is 3.32. The summed E-state index contributed by atoms with van der Waals surface area (Å²) in [6.07, 6.45) is 12.0. The first-order valence-corrected chi connectivity index (χ1v) is 9.12. The van der Waals surface area contributed by atoms with Crippen molar-refractivity contribution < 1.29 is 9.53 Å². The van der Waals surface area contributed by atoms with Crippen LogP contribution in [0.5, 0.6) is 0 Å². The zero-order valence-corrected chi connectivity index (χ0v) is 14.5. The maximum absolute atomic E-state index is 12.5. The second-order valence-electron chi connectivity index (χ2n) is 8.76. The lowest BCUT2D eigenvalue weighted by Gasteiger charge is -2.58. The summed E-state index contributed by atoms with van der Waals surface area (Å²) >= 11 is 0. The van der Waals surface area contributed by atoms with Gasteiger partial charge in [0.1, 0.15) is 6.10 Å². The summed E-state index contributed by atoms with van der Waals surface area (Å²) in [4.78, 5) is 12.5. The average Bonchev–Trinajstić information content (AvgIpc) is 2.77. The highest BCUT2D eigenvalue weighted by atomic mass is 16.5. The van der Waals surface area contributed by atoms with Crippen molar-refractivity contribution in [1.82, 2.24) is 0 Å². The number of rotatable bonds is 1. The van der Waals surface area contributed by atoms with E-state index in [1.807, 2.05) is 0 Å². The lowest BCUT2D eigenvalue weighted by atomic mass is 9.47. The number of methoxy groups -OCH3 is 1. The van der Waals surface area contributed by atoms with Gasteiger partial charge in [-0.25, -0.2) is 0 Å². The average molecular weight is 315 g/mol. The molecule has 4 aliphatic rings. The number of Topliss-reactive ketones (excluding diaryl/α,β-unsaturated/α-hetero) is 1. The molecule has 3 saturated carbocycles. The molecule has 4 rings (SSSR count). The van der Waals surface area contributed by atoms with E-state index in [0.29, 0.717) is 29.5 Å². The third-order valence-corrected chi connectivity index (χ3v) is 7.86. The fourth-order valence-corrected chi connectivity index (χ4v) is 6.64. The van der Waals surface area contributed by atoms with Crippen LogP contribution < -0.4 is 5.73 Å². The van der Waals surface area contributed by atoms with Crippen LogP contribution in [0.25, 0.3) is 0 Å². The van der Waals surface area contributed by atoms with Crippen LogP contribution in [0.3, 0.4) is 0 Å². The van der Waals surface area contributed by atoms with E-state index >= 15 is 0 Å². The maximum Gasteiger partial charge on any atom is 0.162 e. The summed E-state index contributed by atoms with van der Waals surface area (Å²) in [6.45, 7) is 4.72. The van der Waals surface area contributed by atoms with E-state index in [2.05, 4.69) is 32.1 Å². The van der Waals surface area contributed by atoms with E-state index in [1.165, 1.54) is 19.3 Å². The monoisotopic (exact) mass is 315 g/mol. The van der Waals surface area contributed by atoms with Crippen LogP contribution in [0.4, 0.5) is 0 Å². The van der Waals surface area contributed by atoms with Crippen molar-refractivity contribution in [3.63, 3.8) is 0 Å². The fourth-order valence-electron chi connectivity index (χ4n) is 6.64. The van der Waals surface area contributed by atoms with Crippen LogP contribution in [0.2, 0.25) is 0 Å². The molecule has 0 aromatic heterocycles. The molecule has 0 aromatic rings. The topological polar surface area (TPSA) is 52.3 Å². The van der Waals surface area contributed by atoms with E-state index in [-0.39, 0.29) is 16.9 Å². The number of ketones is 1. The zero-order chi connectivity index (χ0) is 16.4. The Labute approximate surface area is 139 Å². The molecular weight excluding hydrogens is 286 g/mol. The van der Waals surface area contributed by atoms with Crippen molar-refractivity contribution in [2.75, 3.05) is 7.11 Å². The van der Waals surface area contributed by atoms with Gasteiger partial charge < -0.3 is 10.5 Å². The van der Waals surface area contributed by atoms with E-state index < -0.39 is 0 Å². The molecule has 0 saturated heterocycles. The van der Waals surface area contributed by atoms with Gasteiger partial charge in [-0.05, 0) is 60.8 Å². The molecule has 0 radical (unpaired) electrons. The highest BCUT2D eigenvalue weighted by Gasteiger charge is 2.61. The molecule has 3 heteroatoms. The van der Waals surface area contributed by atoms with Crippen molar-refractivity contribution in [2.24, 2.45) is 40.2 Å². The normalized spacial score (nSPS) is 51.7. The second-order valence-corrected chi connectivity index (χ2v) is 8.76. The quantitative estimate of drug-likeness (QED) is 0.806. The number of carbonyl (C=O) groups is 1. The minimum Gasteiger partial charge on any atom is -0.399 e. The van der Waals surface area contributed by atoms with E-state index in [0.717, 1.165) is 18.5 Å². The van der Waals surface area contributed by atoms with Crippen LogP contribution in [-0.4, -0.2) is 19.0 Å². The van der Waals surface area contributed by atoms with Crippen LogP contribution in [0.15, 0.2) is 23.9 Å². The molecule has 0 bridgehead atoms. The predicted molar refractivity (Wildman–Crippen MR) is 90.5 cm³/mol. The van der Waals surface area contributed by atoms with Crippen LogP contribution in [0.1, 0.15) is 46.0 Å². The molecule has 0 unspecified atom stereocenters. The molecule has 2 N–H and O–H groups in total. The van der Waals surface area contributed by atoms with Crippen molar-refractivity contribution in [3.05, 3.63) is 23.9 Å². The van der Waals surface area contributed by atoms with Gasteiger partial charge in [0.2, 0.25) is 0 Å². The predicted octanol–water partition coefficient (Wildman–Crippen LogP) is 3.45. The van der Waals surface area contributed by atoms with Gasteiger partial charge in [-0.1, -0.05) is 26.0 Å². The number of fused-ring (bicyclic) bond motifs is 5. The molecule has 3 nitrogen and oxygen atoms in total. The molecule has 0 aromatic carbocycles. The van der Waals surface area contributed by atoms with Crippen LogP contribution >= 0.6 is 0 Å². The number of hydrogen-bond acceptors (Lipinski definition) is 3. The summed E-state index contributed by atoms with van der Waals surface area (Å²) in [6, 6.07) is 0. The number of carbonyl (C=O) groups excluding carboxylic acids is 1. The van der Waals surface area contributed by atoms with Gasteiger partial charge >= 0.3 is 0 Å². The fraction of sp³-hybridized carbons (Fsp3) is 0.750. The molecule has 0 aliphatic heterocycles. The molecule has 0 heterocycles. The zero-order valence-electron chi connectivity index (χ0n) is 14.5. The smallest absolute Gasteiger partial charge is 0.162 e. The first-order valence-electron chi connectivity index (χ1n) is 9.12.